The summed E-state index contributed by atoms with van der Waals surface area (Å²) in [6, 6.07) is 11.6. The molecule has 0 aromatic heterocycles. The maximum Gasteiger partial charge on any atom is 0.319 e. The second-order valence-electron chi connectivity index (χ2n) is 7.47. The molecule has 2 aromatic rings. The van der Waals surface area contributed by atoms with E-state index in [9.17, 15) is 14.4 Å². The predicted octanol–water partition coefficient (Wildman–Crippen LogP) is 4.59. The van der Waals surface area contributed by atoms with Crippen molar-refractivity contribution in [3.8, 4) is 0 Å². The Balaban J connectivity index is 1.41. The normalized spacial score (nSPS) is 16.7. The molecule has 29 heavy (non-hydrogen) atoms. The number of halogens is 1. The largest absolute Gasteiger partial charge is 0.334 e. The van der Waals surface area contributed by atoms with Gasteiger partial charge in [0.15, 0.2) is 0 Å². The Labute approximate surface area is 174 Å². The van der Waals surface area contributed by atoms with E-state index in [1.54, 1.807) is 30.3 Å². The van der Waals surface area contributed by atoms with Crippen molar-refractivity contribution in [2.45, 2.75) is 44.7 Å². The van der Waals surface area contributed by atoms with E-state index in [1.165, 1.54) is 4.90 Å². The van der Waals surface area contributed by atoms with Gasteiger partial charge in [-0.3, -0.25) is 14.5 Å². The van der Waals surface area contributed by atoms with Gasteiger partial charge < -0.3 is 10.6 Å². The highest BCUT2D eigenvalue weighted by atomic mass is 35.5. The minimum atomic E-state index is -0.388. The summed E-state index contributed by atoms with van der Waals surface area (Å²) in [5.41, 5.74) is 2.16. The van der Waals surface area contributed by atoms with Crippen LogP contribution in [0, 0.1) is 0 Å². The average molecular weight is 412 g/mol. The highest BCUT2D eigenvalue weighted by molar-refractivity contribution is 6.30. The monoisotopic (exact) mass is 411 g/mol. The number of anilines is 1. The van der Waals surface area contributed by atoms with Crippen LogP contribution in [0.25, 0.3) is 0 Å². The zero-order valence-corrected chi connectivity index (χ0v) is 16.7. The van der Waals surface area contributed by atoms with Crippen LogP contribution in [0.15, 0.2) is 42.5 Å². The number of carbonyl (C=O) groups is 3. The van der Waals surface area contributed by atoms with Crippen molar-refractivity contribution in [2.24, 2.45) is 0 Å². The fourth-order valence-corrected chi connectivity index (χ4v) is 4.09. The Hall–Kier alpha value is -2.86. The van der Waals surface area contributed by atoms with Crippen molar-refractivity contribution < 1.29 is 14.4 Å². The molecule has 1 saturated carbocycles. The molecule has 150 valence electrons. The molecular formula is C22H22ClN3O3. The van der Waals surface area contributed by atoms with E-state index in [1.807, 2.05) is 12.1 Å². The first-order valence-corrected chi connectivity index (χ1v) is 10.2. The van der Waals surface area contributed by atoms with Gasteiger partial charge in [-0.15, -0.1) is 0 Å². The van der Waals surface area contributed by atoms with Crippen molar-refractivity contribution >= 4 is 35.1 Å². The van der Waals surface area contributed by atoms with Gasteiger partial charge in [-0.1, -0.05) is 43.0 Å². The maximum atomic E-state index is 12.8. The molecule has 6 nitrogen and oxygen atoms in total. The van der Waals surface area contributed by atoms with E-state index >= 15 is 0 Å². The Morgan fingerprint density at radius 3 is 2.38 bits per heavy atom. The molecule has 0 saturated heterocycles. The molecule has 0 atom stereocenters. The van der Waals surface area contributed by atoms with Crippen LogP contribution in [0.5, 0.6) is 0 Å². The standard InChI is InChI=1S/C22H22ClN3O3/c23-15-8-6-14(7-9-15)13-24-22(29)25-16-10-11-18-19(12-16)21(28)26(20(18)27)17-4-2-1-3-5-17/h6-12,17H,1-5,13H2,(H2,24,25,29). The van der Waals surface area contributed by atoms with Gasteiger partial charge in [0.1, 0.15) is 0 Å². The second-order valence-corrected chi connectivity index (χ2v) is 7.90. The van der Waals surface area contributed by atoms with E-state index in [2.05, 4.69) is 10.6 Å². The summed E-state index contributed by atoms with van der Waals surface area (Å²) in [6.45, 7) is 0.348. The third-order valence-electron chi connectivity index (χ3n) is 5.48. The Morgan fingerprint density at radius 2 is 1.66 bits per heavy atom. The van der Waals surface area contributed by atoms with Crippen molar-refractivity contribution in [1.29, 1.82) is 0 Å². The lowest BCUT2D eigenvalue weighted by atomic mass is 9.94. The summed E-state index contributed by atoms with van der Waals surface area (Å²) >= 11 is 5.86. The van der Waals surface area contributed by atoms with Crippen molar-refractivity contribution in [3.63, 3.8) is 0 Å². The van der Waals surface area contributed by atoms with E-state index in [0.717, 1.165) is 37.7 Å². The number of imide groups is 1. The van der Waals surface area contributed by atoms with Crippen molar-refractivity contribution in [3.05, 3.63) is 64.2 Å². The summed E-state index contributed by atoms with van der Waals surface area (Å²) in [4.78, 5) is 39.2. The van der Waals surface area contributed by atoms with Gasteiger partial charge >= 0.3 is 6.03 Å². The molecule has 1 fully saturated rings. The quantitative estimate of drug-likeness (QED) is 0.722. The fraction of sp³-hybridized carbons (Fsp3) is 0.318. The summed E-state index contributed by atoms with van der Waals surface area (Å²) in [6.07, 6.45) is 4.96. The van der Waals surface area contributed by atoms with Crippen LogP contribution in [0.4, 0.5) is 10.5 Å². The predicted molar refractivity (Wildman–Crippen MR) is 111 cm³/mol. The number of hydrogen-bond donors (Lipinski definition) is 2. The van der Waals surface area contributed by atoms with Gasteiger partial charge in [-0.2, -0.15) is 0 Å². The Morgan fingerprint density at radius 1 is 0.966 bits per heavy atom. The van der Waals surface area contributed by atoms with Gasteiger partial charge in [0.2, 0.25) is 0 Å². The Kier molecular flexibility index (Phi) is 5.53. The first-order valence-electron chi connectivity index (χ1n) is 9.84. The molecule has 2 aliphatic rings. The molecule has 4 amide bonds. The molecule has 1 aliphatic carbocycles. The third kappa shape index (κ3) is 4.12. The molecule has 1 heterocycles. The highest BCUT2D eigenvalue weighted by Crippen LogP contribution is 2.32. The van der Waals surface area contributed by atoms with Gasteiger partial charge in [0, 0.05) is 23.3 Å². The number of urea groups is 1. The lowest BCUT2D eigenvalue weighted by Crippen LogP contribution is -2.40. The Bertz CT molecular complexity index is 952. The van der Waals surface area contributed by atoms with E-state index in [4.69, 9.17) is 11.6 Å². The lowest BCUT2D eigenvalue weighted by Gasteiger charge is -2.29. The molecule has 1 aliphatic heterocycles. The SMILES string of the molecule is O=C(NCc1ccc(Cl)cc1)Nc1ccc2c(c1)C(=O)N(C1CCCCC1)C2=O. The summed E-state index contributed by atoms with van der Waals surface area (Å²) in [5.74, 6) is -0.488. The van der Waals surface area contributed by atoms with Gasteiger partial charge in [-0.25, -0.2) is 4.79 Å². The van der Waals surface area contributed by atoms with Gasteiger partial charge in [0.05, 0.1) is 11.1 Å². The zero-order chi connectivity index (χ0) is 20.4. The number of rotatable bonds is 4. The van der Waals surface area contributed by atoms with Crippen LogP contribution in [0.2, 0.25) is 5.02 Å². The summed E-state index contributed by atoms with van der Waals surface area (Å²) in [5, 5.41) is 6.12. The fourth-order valence-electron chi connectivity index (χ4n) is 3.97. The molecule has 4 rings (SSSR count). The zero-order valence-electron chi connectivity index (χ0n) is 15.9. The molecule has 0 radical (unpaired) electrons. The number of fused-ring (bicyclic) bond motifs is 1. The van der Waals surface area contributed by atoms with Crippen LogP contribution in [0.3, 0.4) is 0 Å². The molecule has 0 bridgehead atoms. The first-order chi connectivity index (χ1) is 14.0. The van der Waals surface area contributed by atoms with Crippen LogP contribution in [-0.2, 0) is 6.54 Å². The van der Waals surface area contributed by atoms with E-state index < -0.39 is 0 Å². The molecule has 0 unspecified atom stereocenters. The van der Waals surface area contributed by atoms with Crippen LogP contribution < -0.4 is 10.6 Å². The summed E-state index contributed by atoms with van der Waals surface area (Å²) in [7, 11) is 0. The average Bonchev–Trinajstić information content (AvgIpc) is 2.98. The number of hydrogen-bond acceptors (Lipinski definition) is 3. The molecule has 0 spiro atoms. The summed E-state index contributed by atoms with van der Waals surface area (Å²) < 4.78 is 0. The first kappa shape index (κ1) is 19.5. The minimum absolute atomic E-state index is 0.0183. The van der Waals surface area contributed by atoms with Crippen LogP contribution in [0.1, 0.15) is 58.4 Å². The number of nitrogens with one attached hydrogen (secondary N) is 2. The maximum absolute atomic E-state index is 12.8. The number of benzene rings is 2. The third-order valence-corrected chi connectivity index (χ3v) is 5.73. The molecule has 2 N–H and O–H groups in total. The topological polar surface area (TPSA) is 78.5 Å². The van der Waals surface area contributed by atoms with Gasteiger partial charge in [-0.05, 0) is 48.7 Å². The van der Waals surface area contributed by atoms with Crippen molar-refractivity contribution in [1.82, 2.24) is 10.2 Å². The van der Waals surface area contributed by atoms with Crippen LogP contribution in [-0.4, -0.2) is 28.8 Å². The van der Waals surface area contributed by atoms with Gasteiger partial charge in [0.25, 0.3) is 11.8 Å². The lowest BCUT2D eigenvalue weighted by molar-refractivity contribution is 0.0549. The number of carbonyl (C=O) groups excluding carboxylic acids is 3. The number of amides is 4. The smallest absolute Gasteiger partial charge is 0.319 e. The second kappa shape index (κ2) is 8.25. The molecular weight excluding hydrogens is 390 g/mol. The molecule has 2 aromatic carbocycles. The van der Waals surface area contributed by atoms with E-state index in [0.29, 0.717) is 28.4 Å². The highest BCUT2D eigenvalue weighted by Gasteiger charge is 2.40. The van der Waals surface area contributed by atoms with E-state index in [-0.39, 0.29) is 23.9 Å². The van der Waals surface area contributed by atoms with Crippen LogP contribution >= 0.6 is 11.6 Å². The van der Waals surface area contributed by atoms with Crippen molar-refractivity contribution in [2.75, 3.05) is 5.32 Å². The number of nitrogens with zero attached hydrogens (tertiary/aromatic N) is 1. The molecule has 7 heteroatoms. The minimum Gasteiger partial charge on any atom is -0.334 e.